The number of aromatic nitrogens is 3. The van der Waals surface area contributed by atoms with Crippen LogP contribution in [0.3, 0.4) is 0 Å². The van der Waals surface area contributed by atoms with Gasteiger partial charge in [0.05, 0.1) is 0 Å². The molecule has 1 atom stereocenters. The molecule has 1 aliphatic heterocycles. The Kier molecular flexibility index (Phi) is 3.70. The Hall–Kier alpha value is -1.86. The number of nitrogens with zero attached hydrogens (tertiary/aromatic N) is 4. The van der Waals surface area contributed by atoms with Gasteiger partial charge in [-0.25, -0.2) is 0 Å². The first-order valence-corrected chi connectivity index (χ1v) is 7.20. The number of hydrogen-bond donors (Lipinski definition) is 0. The Morgan fingerprint density at radius 3 is 3.10 bits per heavy atom. The first-order valence-electron chi connectivity index (χ1n) is 6.39. The van der Waals surface area contributed by atoms with Gasteiger partial charge in [0.15, 0.2) is 5.01 Å². The zero-order valence-corrected chi connectivity index (χ0v) is 11.8. The Morgan fingerprint density at radius 1 is 1.50 bits per heavy atom. The van der Waals surface area contributed by atoms with Crippen molar-refractivity contribution in [1.82, 2.24) is 15.2 Å². The number of rotatable bonds is 3. The van der Waals surface area contributed by atoms with E-state index in [4.69, 9.17) is 4.74 Å². The smallest absolute Gasteiger partial charge is 0.257 e. The maximum absolute atomic E-state index is 12.2. The number of ether oxygens (including phenoxy) is 1. The summed E-state index contributed by atoms with van der Waals surface area (Å²) in [6.07, 6.45) is 4.80. The lowest BCUT2D eigenvalue weighted by molar-refractivity contribution is -0.127. The molecule has 2 aromatic rings. The highest BCUT2D eigenvalue weighted by Gasteiger charge is 2.28. The molecule has 1 amide bonds. The second-order valence-corrected chi connectivity index (χ2v) is 5.49. The fourth-order valence-electron chi connectivity index (χ4n) is 2.04. The minimum atomic E-state index is -0.342. The summed E-state index contributed by atoms with van der Waals surface area (Å²) in [4.78, 5) is 17.8. The molecule has 0 N–H and O–H groups in total. The fraction of sp³-hybridized carbons (Fsp3) is 0.385. The molecule has 0 unspecified atom stereocenters. The molecule has 20 heavy (non-hydrogen) atoms. The Bertz CT molecular complexity index is 595. The van der Waals surface area contributed by atoms with Crippen molar-refractivity contribution in [2.24, 2.45) is 0 Å². The summed E-state index contributed by atoms with van der Waals surface area (Å²) in [5, 5.41) is 9.51. The standard InChI is InChI=1S/C13H14N4O2S/c1-17(12(18)10-5-3-7-19-10)13-16-15-11(20-13)9-4-2-6-14-8-9/h2,4,6,8,10H,3,5,7H2,1H3/t10-/m0/s1. The Labute approximate surface area is 120 Å². The topological polar surface area (TPSA) is 68.2 Å². The summed E-state index contributed by atoms with van der Waals surface area (Å²) >= 11 is 1.37. The molecule has 1 aliphatic rings. The highest BCUT2D eigenvalue weighted by molar-refractivity contribution is 7.18. The highest BCUT2D eigenvalue weighted by atomic mass is 32.1. The number of carbonyl (C=O) groups excluding carboxylic acids is 1. The number of pyridine rings is 1. The van der Waals surface area contributed by atoms with E-state index in [0.717, 1.165) is 23.4 Å². The number of carbonyl (C=O) groups is 1. The van der Waals surface area contributed by atoms with Crippen molar-refractivity contribution in [3.63, 3.8) is 0 Å². The van der Waals surface area contributed by atoms with Gasteiger partial charge in [-0.3, -0.25) is 14.7 Å². The molecule has 1 saturated heterocycles. The van der Waals surface area contributed by atoms with E-state index in [1.807, 2.05) is 12.1 Å². The van der Waals surface area contributed by atoms with Crippen LogP contribution in [0.4, 0.5) is 5.13 Å². The molecule has 3 heterocycles. The molecular formula is C13H14N4O2S. The van der Waals surface area contributed by atoms with Crippen LogP contribution in [0.15, 0.2) is 24.5 Å². The first-order chi connectivity index (χ1) is 9.75. The summed E-state index contributed by atoms with van der Waals surface area (Å²) in [6, 6.07) is 3.76. The molecule has 0 aromatic carbocycles. The molecule has 3 rings (SSSR count). The van der Waals surface area contributed by atoms with Crippen molar-refractivity contribution >= 4 is 22.4 Å². The highest BCUT2D eigenvalue weighted by Crippen LogP contribution is 2.28. The molecule has 0 bridgehead atoms. The summed E-state index contributed by atoms with van der Waals surface area (Å²) in [5.41, 5.74) is 0.897. The maximum Gasteiger partial charge on any atom is 0.257 e. The second kappa shape index (κ2) is 5.64. The van der Waals surface area contributed by atoms with E-state index in [9.17, 15) is 4.79 Å². The Morgan fingerprint density at radius 2 is 2.40 bits per heavy atom. The van der Waals surface area contributed by atoms with Gasteiger partial charge >= 0.3 is 0 Å². The normalized spacial score (nSPS) is 18.1. The molecule has 104 valence electrons. The van der Waals surface area contributed by atoms with E-state index in [-0.39, 0.29) is 12.0 Å². The van der Waals surface area contributed by atoms with Gasteiger partial charge in [0.1, 0.15) is 6.10 Å². The molecule has 6 nitrogen and oxygen atoms in total. The monoisotopic (exact) mass is 290 g/mol. The van der Waals surface area contributed by atoms with E-state index < -0.39 is 0 Å². The molecule has 0 radical (unpaired) electrons. The van der Waals surface area contributed by atoms with Crippen molar-refractivity contribution < 1.29 is 9.53 Å². The minimum absolute atomic E-state index is 0.0589. The lowest BCUT2D eigenvalue weighted by Crippen LogP contribution is -2.35. The first kappa shape index (κ1) is 13.1. The van der Waals surface area contributed by atoms with Gasteiger partial charge in [-0.05, 0) is 25.0 Å². The quantitative estimate of drug-likeness (QED) is 0.861. The average Bonchev–Trinajstić information content (AvgIpc) is 3.18. The van der Waals surface area contributed by atoms with Crippen LogP contribution in [0, 0.1) is 0 Å². The van der Waals surface area contributed by atoms with Crippen LogP contribution in [0.5, 0.6) is 0 Å². The van der Waals surface area contributed by atoms with Crippen LogP contribution in [0.25, 0.3) is 10.6 Å². The van der Waals surface area contributed by atoms with Crippen LogP contribution < -0.4 is 4.90 Å². The van der Waals surface area contributed by atoms with Gasteiger partial charge in [0, 0.05) is 31.6 Å². The maximum atomic E-state index is 12.2. The Balaban J connectivity index is 1.77. The number of likely N-dealkylation sites (N-methyl/N-ethyl adjacent to an activating group) is 1. The third-order valence-corrected chi connectivity index (χ3v) is 4.19. The lowest BCUT2D eigenvalue weighted by atomic mass is 10.2. The number of amides is 1. The van der Waals surface area contributed by atoms with Crippen molar-refractivity contribution in [1.29, 1.82) is 0 Å². The van der Waals surface area contributed by atoms with Crippen LogP contribution in [-0.4, -0.2) is 40.8 Å². The lowest BCUT2D eigenvalue weighted by Gasteiger charge is -2.16. The van der Waals surface area contributed by atoms with Crippen LogP contribution in [0.1, 0.15) is 12.8 Å². The van der Waals surface area contributed by atoms with Crippen molar-refractivity contribution in [3.05, 3.63) is 24.5 Å². The molecule has 1 fully saturated rings. The molecular weight excluding hydrogens is 276 g/mol. The van der Waals surface area contributed by atoms with Crippen molar-refractivity contribution in [3.8, 4) is 10.6 Å². The zero-order valence-electron chi connectivity index (χ0n) is 11.0. The molecule has 2 aromatic heterocycles. The van der Waals surface area contributed by atoms with E-state index in [2.05, 4.69) is 15.2 Å². The molecule has 0 aliphatic carbocycles. The van der Waals surface area contributed by atoms with Gasteiger partial charge in [-0.1, -0.05) is 11.3 Å². The predicted molar refractivity (Wildman–Crippen MR) is 75.5 cm³/mol. The average molecular weight is 290 g/mol. The summed E-state index contributed by atoms with van der Waals surface area (Å²) in [7, 11) is 1.71. The van der Waals surface area contributed by atoms with Gasteiger partial charge in [0.2, 0.25) is 5.13 Å². The molecule has 0 spiro atoms. The van der Waals surface area contributed by atoms with Crippen LogP contribution in [-0.2, 0) is 9.53 Å². The number of hydrogen-bond acceptors (Lipinski definition) is 6. The largest absolute Gasteiger partial charge is 0.368 e. The van der Waals surface area contributed by atoms with E-state index >= 15 is 0 Å². The summed E-state index contributed by atoms with van der Waals surface area (Å²) in [5.74, 6) is -0.0589. The zero-order chi connectivity index (χ0) is 13.9. The van der Waals surface area contributed by atoms with E-state index in [1.54, 1.807) is 19.4 Å². The van der Waals surface area contributed by atoms with Gasteiger partial charge in [-0.2, -0.15) is 0 Å². The predicted octanol–water partition coefficient (Wildman–Crippen LogP) is 1.74. The van der Waals surface area contributed by atoms with Gasteiger partial charge in [0.25, 0.3) is 5.91 Å². The summed E-state index contributed by atoms with van der Waals surface area (Å²) in [6.45, 7) is 0.654. The molecule has 7 heteroatoms. The fourth-order valence-corrected chi connectivity index (χ4v) is 2.84. The SMILES string of the molecule is CN(C(=O)[C@@H]1CCCO1)c1nnc(-c2cccnc2)s1. The molecule has 0 saturated carbocycles. The summed E-state index contributed by atoms with van der Waals surface area (Å²) < 4.78 is 5.40. The van der Waals surface area contributed by atoms with E-state index in [0.29, 0.717) is 11.7 Å². The second-order valence-electron chi connectivity index (χ2n) is 4.53. The number of anilines is 1. The van der Waals surface area contributed by atoms with Crippen LogP contribution >= 0.6 is 11.3 Å². The third-order valence-electron chi connectivity index (χ3n) is 3.15. The van der Waals surface area contributed by atoms with Gasteiger partial charge < -0.3 is 4.74 Å². The van der Waals surface area contributed by atoms with Crippen molar-refractivity contribution in [2.45, 2.75) is 18.9 Å². The van der Waals surface area contributed by atoms with Crippen molar-refractivity contribution in [2.75, 3.05) is 18.6 Å². The minimum Gasteiger partial charge on any atom is -0.368 e. The van der Waals surface area contributed by atoms with E-state index in [1.165, 1.54) is 16.2 Å². The van der Waals surface area contributed by atoms with Gasteiger partial charge in [-0.15, -0.1) is 10.2 Å². The third kappa shape index (κ3) is 2.54. The van der Waals surface area contributed by atoms with Crippen LogP contribution in [0.2, 0.25) is 0 Å².